The first-order valence-electron chi connectivity index (χ1n) is 6.25. The maximum Gasteiger partial charge on any atom is 0.321 e. The van der Waals surface area contributed by atoms with Gasteiger partial charge in [-0.05, 0) is 19.8 Å². The third-order valence-corrected chi connectivity index (χ3v) is 2.02. The molecule has 0 aromatic rings. The molecule has 0 aliphatic rings. The van der Waals surface area contributed by atoms with Crippen LogP contribution in [-0.2, 0) is 9.59 Å². The highest BCUT2D eigenvalue weighted by atomic mass is 16.4. The zero-order valence-corrected chi connectivity index (χ0v) is 11.9. The summed E-state index contributed by atoms with van der Waals surface area (Å²) in [5.41, 5.74) is 0. The first-order valence-corrected chi connectivity index (χ1v) is 6.25. The van der Waals surface area contributed by atoms with Crippen molar-refractivity contribution in [1.29, 1.82) is 0 Å². The maximum absolute atomic E-state index is 11.6. The number of carbonyl (C=O) groups excluding carboxylic acids is 2. The first kappa shape index (κ1) is 17.4. The Morgan fingerprint density at radius 2 is 1.68 bits per heavy atom. The number of urea groups is 1. The van der Waals surface area contributed by atoms with Crippen LogP contribution in [0.2, 0.25) is 0 Å². The van der Waals surface area contributed by atoms with Crippen LogP contribution in [0.5, 0.6) is 0 Å². The number of imide groups is 1. The van der Waals surface area contributed by atoms with Gasteiger partial charge in [0.15, 0.2) is 0 Å². The molecule has 110 valence electrons. The van der Waals surface area contributed by atoms with Gasteiger partial charge in [0.05, 0.1) is 13.1 Å². The first-order chi connectivity index (χ1) is 8.70. The van der Waals surface area contributed by atoms with Crippen LogP contribution in [-0.4, -0.2) is 53.6 Å². The van der Waals surface area contributed by atoms with Crippen molar-refractivity contribution >= 4 is 17.9 Å². The molecule has 0 unspecified atom stereocenters. The minimum atomic E-state index is -1.000. The molecule has 0 saturated carbocycles. The van der Waals surface area contributed by atoms with E-state index in [-0.39, 0.29) is 25.0 Å². The Bertz CT molecular complexity index is 329. The largest absolute Gasteiger partial charge is 0.480 e. The van der Waals surface area contributed by atoms with E-state index in [9.17, 15) is 14.4 Å². The van der Waals surface area contributed by atoms with Crippen molar-refractivity contribution in [3.05, 3.63) is 0 Å². The lowest BCUT2D eigenvalue weighted by molar-refractivity contribution is -0.138. The molecule has 3 N–H and O–H groups in total. The molecule has 0 radical (unpaired) electrons. The molecule has 0 fully saturated rings. The van der Waals surface area contributed by atoms with Gasteiger partial charge in [-0.3, -0.25) is 19.8 Å². The highest BCUT2D eigenvalue weighted by molar-refractivity contribution is 5.95. The molecule has 0 bridgehead atoms. The second-order valence-corrected chi connectivity index (χ2v) is 5.13. The molecule has 0 rings (SSSR count). The third-order valence-electron chi connectivity index (χ3n) is 2.02. The Kier molecular flexibility index (Phi) is 7.74. The van der Waals surface area contributed by atoms with E-state index in [0.717, 1.165) is 0 Å². The van der Waals surface area contributed by atoms with Crippen LogP contribution in [0.25, 0.3) is 0 Å². The zero-order chi connectivity index (χ0) is 15.0. The highest BCUT2D eigenvalue weighted by Crippen LogP contribution is 1.98. The minimum Gasteiger partial charge on any atom is -0.480 e. The van der Waals surface area contributed by atoms with Gasteiger partial charge in [0, 0.05) is 12.6 Å². The van der Waals surface area contributed by atoms with Gasteiger partial charge in [-0.2, -0.15) is 0 Å². The predicted molar refractivity (Wildman–Crippen MR) is 70.7 cm³/mol. The third kappa shape index (κ3) is 10.0. The Balaban J connectivity index is 4.29. The molecular weight excluding hydrogens is 250 g/mol. The maximum atomic E-state index is 11.6. The number of hydrogen-bond donors (Lipinski definition) is 3. The lowest BCUT2D eigenvalue weighted by atomic mass is 10.2. The van der Waals surface area contributed by atoms with Crippen LogP contribution in [0.3, 0.4) is 0 Å². The number of amides is 3. The van der Waals surface area contributed by atoms with Crippen LogP contribution in [0, 0.1) is 5.92 Å². The monoisotopic (exact) mass is 273 g/mol. The second-order valence-electron chi connectivity index (χ2n) is 5.13. The number of rotatable bonds is 7. The average Bonchev–Trinajstić information content (AvgIpc) is 2.11. The van der Waals surface area contributed by atoms with E-state index in [1.54, 1.807) is 13.8 Å². The van der Waals surface area contributed by atoms with E-state index in [4.69, 9.17) is 5.11 Å². The van der Waals surface area contributed by atoms with Gasteiger partial charge in [-0.15, -0.1) is 0 Å². The number of carboxylic acids is 1. The summed E-state index contributed by atoms with van der Waals surface area (Å²) in [5, 5.41) is 13.4. The molecule has 0 heterocycles. The van der Waals surface area contributed by atoms with Crippen molar-refractivity contribution < 1.29 is 19.5 Å². The quantitative estimate of drug-likeness (QED) is 0.618. The molecule has 0 aromatic carbocycles. The van der Waals surface area contributed by atoms with E-state index in [1.165, 1.54) is 4.90 Å². The molecule has 7 nitrogen and oxygen atoms in total. The average molecular weight is 273 g/mol. The summed E-state index contributed by atoms with van der Waals surface area (Å²) < 4.78 is 0. The highest BCUT2D eigenvalue weighted by Gasteiger charge is 2.16. The number of hydrogen-bond acceptors (Lipinski definition) is 4. The molecule has 0 aliphatic carbocycles. The van der Waals surface area contributed by atoms with Crippen molar-refractivity contribution in [1.82, 2.24) is 15.5 Å². The Labute approximate surface area is 113 Å². The molecule has 0 aliphatic heterocycles. The molecule has 3 amide bonds. The fourth-order valence-corrected chi connectivity index (χ4v) is 1.56. The van der Waals surface area contributed by atoms with E-state index < -0.39 is 17.9 Å². The van der Waals surface area contributed by atoms with Gasteiger partial charge in [0.2, 0.25) is 5.91 Å². The van der Waals surface area contributed by atoms with Crippen molar-refractivity contribution in [3.8, 4) is 0 Å². The molecule has 0 aromatic heterocycles. The second kappa shape index (κ2) is 8.47. The van der Waals surface area contributed by atoms with Gasteiger partial charge >= 0.3 is 12.0 Å². The summed E-state index contributed by atoms with van der Waals surface area (Å²) in [4.78, 5) is 35.1. The van der Waals surface area contributed by atoms with Crippen LogP contribution in [0.1, 0.15) is 27.7 Å². The van der Waals surface area contributed by atoms with Crippen LogP contribution >= 0.6 is 0 Å². The molecule has 7 heteroatoms. The Hall–Kier alpha value is -1.63. The fourth-order valence-electron chi connectivity index (χ4n) is 1.56. The van der Waals surface area contributed by atoms with Gasteiger partial charge in [-0.25, -0.2) is 4.79 Å². The molecule has 0 spiro atoms. The van der Waals surface area contributed by atoms with Gasteiger partial charge in [-0.1, -0.05) is 13.8 Å². The van der Waals surface area contributed by atoms with E-state index in [2.05, 4.69) is 10.6 Å². The lowest BCUT2D eigenvalue weighted by Gasteiger charge is -2.21. The molecule has 19 heavy (non-hydrogen) atoms. The molecular formula is C12H23N3O4. The fraction of sp³-hybridized carbons (Fsp3) is 0.750. The van der Waals surface area contributed by atoms with Crippen LogP contribution < -0.4 is 10.6 Å². The normalized spacial score (nSPS) is 10.9. The van der Waals surface area contributed by atoms with E-state index >= 15 is 0 Å². The minimum absolute atomic E-state index is 0.0708. The number of aliphatic carboxylic acids is 1. The summed E-state index contributed by atoms with van der Waals surface area (Å²) in [6, 6.07) is -0.640. The van der Waals surface area contributed by atoms with E-state index in [1.807, 2.05) is 13.8 Å². The topological polar surface area (TPSA) is 98.7 Å². The van der Waals surface area contributed by atoms with Crippen molar-refractivity contribution in [2.24, 2.45) is 5.92 Å². The number of nitrogens with zero attached hydrogens (tertiary/aromatic N) is 1. The Morgan fingerprint density at radius 3 is 2.11 bits per heavy atom. The van der Waals surface area contributed by atoms with Gasteiger partial charge < -0.3 is 10.4 Å². The summed E-state index contributed by atoms with van der Waals surface area (Å²) in [5.74, 6) is -1.28. The number of nitrogens with one attached hydrogen (secondary N) is 2. The van der Waals surface area contributed by atoms with Crippen LogP contribution in [0.4, 0.5) is 4.79 Å². The van der Waals surface area contributed by atoms with Crippen molar-refractivity contribution in [2.75, 3.05) is 19.6 Å². The van der Waals surface area contributed by atoms with E-state index in [0.29, 0.717) is 6.54 Å². The van der Waals surface area contributed by atoms with Gasteiger partial charge in [0.1, 0.15) is 0 Å². The van der Waals surface area contributed by atoms with Gasteiger partial charge in [0.25, 0.3) is 0 Å². The number of carboxylic acid groups (broad SMARTS) is 1. The SMILES string of the molecule is CC(C)CN(CC(=O)O)CC(=O)NC(=O)NC(C)C. The van der Waals surface area contributed by atoms with Crippen LogP contribution in [0.15, 0.2) is 0 Å². The predicted octanol–water partition coefficient (Wildman–Crippen LogP) is 0.263. The molecule has 0 atom stereocenters. The lowest BCUT2D eigenvalue weighted by Crippen LogP contribution is -2.47. The number of carbonyl (C=O) groups is 3. The smallest absolute Gasteiger partial charge is 0.321 e. The summed E-state index contributed by atoms with van der Waals surface area (Å²) in [7, 11) is 0. The summed E-state index contributed by atoms with van der Waals surface area (Å²) >= 11 is 0. The summed E-state index contributed by atoms with van der Waals surface area (Å²) in [6.45, 7) is 7.55. The zero-order valence-electron chi connectivity index (χ0n) is 11.9. The molecule has 0 saturated heterocycles. The van der Waals surface area contributed by atoms with Crippen molar-refractivity contribution in [3.63, 3.8) is 0 Å². The Morgan fingerprint density at radius 1 is 1.11 bits per heavy atom. The summed E-state index contributed by atoms with van der Waals surface area (Å²) in [6.07, 6.45) is 0. The van der Waals surface area contributed by atoms with Crippen molar-refractivity contribution in [2.45, 2.75) is 33.7 Å². The standard InChI is InChI=1S/C12H23N3O4/c1-8(2)5-15(7-11(17)18)6-10(16)14-12(19)13-9(3)4/h8-9H,5-7H2,1-4H3,(H,17,18)(H2,13,14,16,19).